The zero-order chi connectivity index (χ0) is 30.6. The molecular weight excluding hydrogens is 740 g/mol. The minimum Gasteiger partial charge on any atom is -0.305 e. The van der Waals surface area contributed by atoms with Crippen molar-refractivity contribution in [2.75, 3.05) is 0 Å². The van der Waals surface area contributed by atoms with E-state index in [2.05, 4.69) is 160 Å². The summed E-state index contributed by atoms with van der Waals surface area (Å²) in [6, 6.07) is 53.2. The van der Waals surface area contributed by atoms with Crippen molar-refractivity contribution < 1.29 is 21.1 Å². The van der Waals surface area contributed by atoms with Crippen molar-refractivity contribution >= 4 is 10.8 Å². The van der Waals surface area contributed by atoms with E-state index in [4.69, 9.17) is 9.97 Å². The summed E-state index contributed by atoms with van der Waals surface area (Å²) >= 11 is 0. The normalized spacial score (nSPS) is 13.1. The van der Waals surface area contributed by atoms with E-state index in [0.29, 0.717) is 0 Å². The molecule has 0 N–H and O–H groups in total. The molecule has 2 nitrogen and oxygen atoms in total. The average Bonchev–Trinajstić information content (AvgIpc) is 3.39. The molecule has 1 aliphatic carbocycles. The maximum atomic E-state index is 4.86. The second-order valence-electron chi connectivity index (χ2n) is 12.9. The van der Waals surface area contributed by atoms with Crippen molar-refractivity contribution in [3.05, 3.63) is 180 Å². The summed E-state index contributed by atoms with van der Waals surface area (Å²) in [5.74, 6) is 0. The number of fused-ring (bicyclic) bond motifs is 4. The molecule has 0 fully saturated rings. The quantitative estimate of drug-likeness (QED) is 0.167. The van der Waals surface area contributed by atoms with Crippen molar-refractivity contribution in [1.29, 1.82) is 0 Å². The first-order valence-corrected chi connectivity index (χ1v) is 15.5. The fourth-order valence-electron chi connectivity index (χ4n) is 7.00. The minimum absolute atomic E-state index is 0. The maximum absolute atomic E-state index is 4.86. The van der Waals surface area contributed by atoms with Crippen molar-refractivity contribution in [1.82, 2.24) is 9.97 Å². The van der Waals surface area contributed by atoms with Gasteiger partial charge in [-0.05, 0) is 67.5 Å². The average molecular weight is 772 g/mol. The molecule has 2 heterocycles. The van der Waals surface area contributed by atoms with Crippen LogP contribution < -0.4 is 0 Å². The number of hydrogen-bond acceptors (Lipinski definition) is 2. The topological polar surface area (TPSA) is 25.8 Å². The summed E-state index contributed by atoms with van der Waals surface area (Å²) in [6.07, 6.45) is 3.81. The molecule has 0 spiro atoms. The Hall–Kier alpha value is -4.65. The van der Waals surface area contributed by atoms with Gasteiger partial charge in [0.15, 0.2) is 0 Å². The number of nitrogens with zero attached hydrogens (tertiary/aromatic N) is 2. The van der Waals surface area contributed by atoms with Gasteiger partial charge in [-0.1, -0.05) is 99.6 Å². The van der Waals surface area contributed by atoms with Gasteiger partial charge in [0.1, 0.15) is 0 Å². The van der Waals surface area contributed by atoms with Gasteiger partial charge in [0.05, 0.1) is 0 Å². The summed E-state index contributed by atoms with van der Waals surface area (Å²) in [5, 5.41) is 2.28. The Balaban J connectivity index is 0.00000338. The summed E-state index contributed by atoms with van der Waals surface area (Å²) in [5.41, 5.74) is 11.5. The SMILES string of the molecule is CC(C)(C)c1ccnc(-c2[c-]c(C3(c4[c-]c(-c5nccc6ccccc56)ccc4)c4ccccc4-c4ccccc43)ccc2)c1.[Pt+2]. The molecule has 0 saturated carbocycles. The first kappa shape index (κ1) is 30.0. The van der Waals surface area contributed by atoms with Crippen molar-refractivity contribution in [3.63, 3.8) is 0 Å². The van der Waals surface area contributed by atoms with Crippen LogP contribution in [0.5, 0.6) is 0 Å². The Morgan fingerprint density at radius 3 is 1.85 bits per heavy atom. The van der Waals surface area contributed by atoms with Crippen LogP contribution in [0.4, 0.5) is 0 Å². The minimum atomic E-state index is -0.634. The standard InChI is InChI=1S/C43H32N2.Pt/c1-42(2,3)32-23-25-44-40(28-32)30-13-10-15-33(26-30)43(38-20-8-6-18-36(38)37-19-7-9-21-39(37)43)34-16-11-14-31(27-34)41-35-17-5-4-12-29(35)22-24-45-41;/h4-25,28H,1-3H3;/q-2;+2. The van der Waals surface area contributed by atoms with E-state index in [9.17, 15) is 0 Å². The van der Waals surface area contributed by atoms with E-state index >= 15 is 0 Å². The van der Waals surface area contributed by atoms with Gasteiger partial charge in [-0.2, -0.15) is 0 Å². The van der Waals surface area contributed by atoms with Gasteiger partial charge in [0.25, 0.3) is 0 Å². The second-order valence-corrected chi connectivity index (χ2v) is 12.9. The van der Waals surface area contributed by atoms with Gasteiger partial charge >= 0.3 is 21.1 Å². The third-order valence-electron chi connectivity index (χ3n) is 9.18. The molecule has 0 saturated heterocycles. The largest absolute Gasteiger partial charge is 2.00 e. The van der Waals surface area contributed by atoms with Crippen LogP contribution in [0.3, 0.4) is 0 Å². The Bertz CT molecular complexity index is 2180. The molecule has 0 bridgehead atoms. The molecule has 0 unspecified atom stereocenters. The fourth-order valence-corrected chi connectivity index (χ4v) is 7.00. The van der Waals surface area contributed by atoms with Gasteiger partial charge in [-0.3, -0.25) is 0 Å². The molecule has 0 amide bonds. The smallest absolute Gasteiger partial charge is 0.305 e. The van der Waals surface area contributed by atoms with E-state index in [-0.39, 0.29) is 26.5 Å². The first-order chi connectivity index (χ1) is 21.9. The summed E-state index contributed by atoms with van der Waals surface area (Å²) in [7, 11) is 0. The molecule has 1 aliphatic rings. The molecule has 0 radical (unpaired) electrons. The fraction of sp³-hybridized carbons (Fsp3) is 0.116. The third kappa shape index (κ3) is 4.75. The zero-order valence-corrected chi connectivity index (χ0v) is 28.3. The Labute approximate surface area is 285 Å². The summed E-state index contributed by atoms with van der Waals surface area (Å²) in [6.45, 7) is 6.71. The van der Waals surface area contributed by atoms with E-state index in [1.807, 2.05) is 12.4 Å². The predicted octanol–water partition coefficient (Wildman–Crippen LogP) is 10.2. The van der Waals surface area contributed by atoms with E-state index in [1.54, 1.807) is 0 Å². The monoisotopic (exact) mass is 771 g/mol. The van der Waals surface area contributed by atoms with Gasteiger partial charge < -0.3 is 9.97 Å². The predicted molar refractivity (Wildman–Crippen MR) is 184 cm³/mol. The van der Waals surface area contributed by atoms with Crippen LogP contribution in [-0.4, -0.2) is 9.97 Å². The molecule has 46 heavy (non-hydrogen) atoms. The van der Waals surface area contributed by atoms with Crippen LogP contribution in [0.25, 0.3) is 44.4 Å². The van der Waals surface area contributed by atoms with E-state index < -0.39 is 5.41 Å². The van der Waals surface area contributed by atoms with E-state index in [0.717, 1.165) is 39.0 Å². The Morgan fingerprint density at radius 2 is 1.15 bits per heavy atom. The van der Waals surface area contributed by atoms with Crippen molar-refractivity contribution in [2.45, 2.75) is 31.6 Å². The third-order valence-corrected chi connectivity index (χ3v) is 9.18. The molecule has 2 aromatic heterocycles. The van der Waals surface area contributed by atoms with Gasteiger partial charge in [-0.15, -0.1) is 70.8 Å². The molecule has 224 valence electrons. The van der Waals surface area contributed by atoms with Crippen LogP contribution in [0.1, 0.15) is 48.6 Å². The number of aromatic nitrogens is 2. The molecule has 8 rings (SSSR count). The summed E-state index contributed by atoms with van der Waals surface area (Å²) in [4.78, 5) is 9.67. The maximum Gasteiger partial charge on any atom is 2.00 e. The Morgan fingerprint density at radius 1 is 0.565 bits per heavy atom. The molecule has 3 heteroatoms. The number of pyridine rings is 2. The van der Waals surface area contributed by atoms with Crippen molar-refractivity contribution in [3.8, 4) is 33.6 Å². The number of benzene rings is 5. The number of hydrogen-bond donors (Lipinski definition) is 0. The zero-order valence-electron chi connectivity index (χ0n) is 26.0. The van der Waals surface area contributed by atoms with Crippen LogP contribution >= 0.6 is 0 Å². The van der Waals surface area contributed by atoms with Crippen LogP contribution in [0.15, 0.2) is 140 Å². The van der Waals surface area contributed by atoms with Crippen LogP contribution in [0.2, 0.25) is 0 Å². The van der Waals surface area contributed by atoms with Crippen LogP contribution in [-0.2, 0) is 31.9 Å². The van der Waals surface area contributed by atoms with Gasteiger partial charge in [0.2, 0.25) is 0 Å². The van der Waals surface area contributed by atoms with Gasteiger partial charge in [-0.25, -0.2) is 0 Å². The molecule has 7 aromatic rings. The molecule has 0 aliphatic heterocycles. The van der Waals surface area contributed by atoms with Gasteiger partial charge in [0, 0.05) is 17.8 Å². The molecule has 5 aromatic carbocycles. The Kier molecular flexibility index (Phi) is 7.58. The first-order valence-electron chi connectivity index (χ1n) is 15.5. The second kappa shape index (κ2) is 11.6. The van der Waals surface area contributed by atoms with E-state index in [1.165, 1.54) is 33.2 Å². The molecular formula is C43H32N2Pt. The number of rotatable bonds is 4. The van der Waals surface area contributed by atoms with Crippen LogP contribution in [0, 0.1) is 12.1 Å². The van der Waals surface area contributed by atoms with Crippen molar-refractivity contribution in [2.24, 2.45) is 0 Å². The molecule has 0 atom stereocenters. The summed E-state index contributed by atoms with van der Waals surface area (Å²) < 4.78 is 0.